The largest absolute Gasteiger partial charge is 0.504 e. The Morgan fingerprint density at radius 2 is 2.06 bits per heavy atom. The molecule has 92 valence electrons. The molecule has 0 aliphatic heterocycles. The molecule has 0 aliphatic rings. The van der Waals surface area contributed by atoms with Crippen LogP contribution in [0.2, 0.25) is 0 Å². The van der Waals surface area contributed by atoms with Crippen molar-refractivity contribution < 1.29 is 9.84 Å². The van der Waals surface area contributed by atoms with Crippen LogP contribution in [0.25, 0.3) is 0 Å². The highest BCUT2D eigenvalue weighted by Crippen LogP contribution is 2.31. The molecule has 0 fully saturated rings. The summed E-state index contributed by atoms with van der Waals surface area (Å²) in [6.45, 7) is 4.23. The second-order valence-electron chi connectivity index (χ2n) is 3.84. The maximum absolute atomic E-state index is 9.45. The van der Waals surface area contributed by atoms with Crippen molar-refractivity contribution in [2.75, 3.05) is 7.11 Å². The zero-order valence-corrected chi connectivity index (χ0v) is 10.8. The average molecular weight is 246 g/mol. The van der Waals surface area contributed by atoms with Gasteiger partial charge < -0.3 is 15.6 Å². The molecule has 16 heavy (non-hydrogen) atoms. The van der Waals surface area contributed by atoms with Crippen LogP contribution in [0.1, 0.15) is 31.9 Å². The van der Waals surface area contributed by atoms with Crippen molar-refractivity contribution in [1.82, 2.24) is 0 Å². The van der Waals surface area contributed by atoms with E-state index >= 15 is 0 Å². The first-order valence-electron chi connectivity index (χ1n) is 5.22. The van der Waals surface area contributed by atoms with E-state index in [9.17, 15) is 5.11 Å². The average Bonchev–Trinajstić information content (AvgIpc) is 2.27. The number of hydrogen-bond acceptors (Lipinski definition) is 3. The van der Waals surface area contributed by atoms with E-state index in [0.29, 0.717) is 11.7 Å². The maximum atomic E-state index is 9.45. The van der Waals surface area contributed by atoms with E-state index in [4.69, 9.17) is 10.5 Å². The highest BCUT2D eigenvalue weighted by Gasteiger charge is 2.14. The molecule has 3 N–H and O–H groups in total. The maximum Gasteiger partial charge on any atom is 0.160 e. The fourth-order valence-electron chi connectivity index (χ4n) is 1.48. The third-order valence-electron chi connectivity index (χ3n) is 2.85. The fourth-order valence-corrected chi connectivity index (χ4v) is 1.48. The Kier molecular flexibility index (Phi) is 6.22. The number of hydrogen-bond donors (Lipinski definition) is 2. The Morgan fingerprint density at radius 3 is 2.56 bits per heavy atom. The molecular formula is C12H20ClNO2. The standard InChI is InChI=1S/C12H19NO2.ClH/c1-4-8(2)12(13)9-5-6-10(14)11(7-9)15-3;/h5-8,12,14H,4,13H2,1-3H3;1H/t8?,12-;/m1./s1. The lowest BCUT2D eigenvalue weighted by Gasteiger charge is -2.19. The van der Waals surface area contributed by atoms with Crippen molar-refractivity contribution in [2.45, 2.75) is 26.3 Å². The first kappa shape index (κ1) is 15.1. The monoisotopic (exact) mass is 245 g/mol. The second kappa shape index (κ2) is 6.61. The lowest BCUT2D eigenvalue weighted by atomic mass is 9.93. The van der Waals surface area contributed by atoms with Crippen molar-refractivity contribution in [1.29, 1.82) is 0 Å². The highest BCUT2D eigenvalue weighted by atomic mass is 35.5. The van der Waals surface area contributed by atoms with Gasteiger partial charge in [0.05, 0.1) is 7.11 Å². The van der Waals surface area contributed by atoms with Gasteiger partial charge in [-0.3, -0.25) is 0 Å². The highest BCUT2D eigenvalue weighted by molar-refractivity contribution is 5.85. The molecule has 0 saturated heterocycles. The van der Waals surface area contributed by atoms with E-state index in [0.717, 1.165) is 12.0 Å². The van der Waals surface area contributed by atoms with E-state index in [-0.39, 0.29) is 24.2 Å². The predicted octanol–water partition coefficient (Wildman–Crippen LogP) is 2.87. The molecule has 2 atom stereocenters. The first-order chi connectivity index (χ1) is 7.10. The zero-order chi connectivity index (χ0) is 11.4. The molecule has 1 aromatic carbocycles. The van der Waals surface area contributed by atoms with Crippen LogP contribution in [-0.2, 0) is 0 Å². The fraction of sp³-hybridized carbons (Fsp3) is 0.500. The first-order valence-corrected chi connectivity index (χ1v) is 5.22. The number of methoxy groups -OCH3 is 1. The van der Waals surface area contributed by atoms with Gasteiger partial charge >= 0.3 is 0 Å². The van der Waals surface area contributed by atoms with Gasteiger partial charge in [0.25, 0.3) is 0 Å². The quantitative estimate of drug-likeness (QED) is 0.858. The van der Waals surface area contributed by atoms with Crippen LogP contribution < -0.4 is 10.5 Å². The number of aromatic hydroxyl groups is 1. The summed E-state index contributed by atoms with van der Waals surface area (Å²) in [5.74, 6) is 1.04. The Hall–Kier alpha value is -0.930. The molecule has 0 saturated carbocycles. The van der Waals surface area contributed by atoms with Gasteiger partial charge in [0, 0.05) is 6.04 Å². The molecule has 0 aromatic heterocycles. The van der Waals surface area contributed by atoms with Crippen LogP contribution in [0.4, 0.5) is 0 Å². The lowest BCUT2D eigenvalue weighted by Crippen LogP contribution is -2.18. The normalized spacial score (nSPS) is 13.8. The number of nitrogens with two attached hydrogens (primary N) is 1. The van der Waals surface area contributed by atoms with Crippen molar-refractivity contribution in [3.63, 3.8) is 0 Å². The minimum atomic E-state index is -0.00972. The van der Waals surface area contributed by atoms with Gasteiger partial charge in [0.15, 0.2) is 11.5 Å². The Labute approximate surface area is 103 Å². The van der Waals surface area contributed by atoms with Crippen molar-refractivity contribution in [3.8, 4) is 11.5 Å². The summed E-state index contributed by atoms with van der Waals surface area (Å²) < 4.78 is 5.04. The van der Waals surface area contributed by atoms with Crippen molar-refractivity contribution in [3.05, 3.63) is 23.8 Å². The molecule has 3 nitrogen and oxygen atoms in total. The Balaban J connectivity index is 0.00000225. The topological polar surface area (TPSA) is 55.5 Å². The Bertz CT molecular complexity index is 331. The summed E-state index contributed by atoms with van der Waals surface area (Å²) in [6.07, 6.45) is 1.03. The third kappa shape index (κ3) is 3.29. The van der Waals surface area contributed by atoms with Gasteiger partial charge in [-0.2, -0.15) is 0 Å². The molecule has 4 heteroatoms. The number of benzene rings is 1. The molecule has 0 aliphatic carbocycles. The number of phenolic OH excluding ortho intramolecular Hbond substituents is 1. The van der Waals surface area contributed by atoms with Crippen LogP contribution in [0.3, 0.4) is 0 Å². The van der Waals surface area contributed by atoms with Gasteiger partial charge in [-0.05, 0) is 23.6 Å². The van der Waals surface area contributed by atoms with Crippen LogP contribution in [-0.4, -0.2) is 12.2 Å². The minimum absolute atomic E-state index is 0. The van der Waals surface area contributed by atoms with Crippen LogP contribution in [0, 0.1) is 5.92 Å². The van der Waals surface area contributed by atoms with E-state index in [1.807, 2.05) is 6.07 Å². The molecule has 0 amide bonds. The number of rotatable bonds is 4. The van der Waals surface area contributed by atoms with Gasteiger partial charge in [-0.1, -0.05) is 26.3 Å². The smallest absolute Gasteiger partial charge is 0.160 e. The van der Waals surface area contributed by atoms with E-state index in [2.05, 4.69) is 13.8 Å². The van der Waals surface area contributed by atoms with Crippen LogP contribution in [0.15, 0.2) is 18.2 Å². The third-order valence-corrected chi connectivity index (χ3v) is 2.85. The van der Waals surface area contributed by atoms with Gasteiger partial charge in [-0.25, -0.2) is 0 Å². The molecule has 0 radical (unpaired) electrons. The number of phenols is 1. The van der Waals surface area contributed by atoms with Crippen LogP contribution >= 0.6 is 12.4 Å². The number of halogens is 1. The molecule has 0 bridgehead atoms. The summed E-state index contributed by atoms with van der Waals surface area (Å²) in [5.41, 5.74) is 7.08. The summed E-state index contributed by atoms with van der Waals surface area (Å²) in [7, 11) is 1.54. The molecule has 1 unspecified atom stereocenters. The predicted molar refractivity (Wildman–Crippen MR) is 68.3 cm³/mol. The summed E-state index contributed by atoms with van der Waals surface area (Å²) in [6, 6.07) is 5.25. The second-order valence-corrected chi connectivity index (χ2v) is 3.84. The summed E-state index contributed by atoms with van der Waals surface area (Å²) >= 11 is 0. The SMILES string of the molecule is CCC(C)[C@@H](N)c1ccc(O)c(OC)c1.Cl. The van der Waals surface area contributed by atoms with Gasteiger partial charge in [0.2, 0.25) is 0 Å². The summed E-state index contributed by atoms with van der Waals surface area (Å²) in [4.78, 5) is 0. The van der Waals surface area contributed by atoms with Crippen LogP contribution in [0.5, 0.6) is 11.5 Å². The zero-order valence-electron chi connectivity index (χ0n) is 9.93. The molecular weight excluding hydrogens is 226 g/mol. The molecule has 1 aromatic rings. The molecule has 1 rings (SSSR count). The van der Waals surface area contributed by atoms with Gasteiger partial charge in [-0.15, -0.1) is 12.4 Å². The summed E-state index contributed by atoms with van der Waals surface area (Å²) in [5, 5.41) is 9.45. The number of ether oxygens (including phenoxy) is 1. The molecule has 0 spiro atoms. The molecule has 0 heterocycles. The van der Waals surface area contributed by atoms with Gasteiger partial charge in [0.1, 0.15) is 0 Å². The van der Waals surface area contributed by atoms with E-state index in [1.165, 1.54) is 7.11 Å². The van der Waals surface area contributed by atoms with Crippen molar-refractivity contribution >= 4 is 12.4 Å². The minimum Gasteiger partial charge on any atom is -0.504 e. The Morgan fingerprint density at radius 1 is 1.44 bits per heavy atom. The van der Waals surface area contributed by atoms with E-state index < -0.39 is 0 Å². The van der Waals surface area contributed by atoms with Crippen molar-refractivity contribution in [2.24, 2.45) is 11.7 Å². The van der Waals surface area contributed by atoms with E-state index in [1.54, 1.807) is 12.1 Å². The lowest BCUT2D eigenvalue weighted by molar-refractivity contribution is 0.371.